The fourth-order valence-electron chi connectivity index (χ4n) is 0.509. The van der Waals surface area contributed by atoms with Crippen molar-refractivity contribution in [3.05, 3.63) is 17.1 Å². The van der Waals surface area contributed by atoms with Gasteiger partial charge in [0.2, 0.25) is 0 Å². The second-order valence-electron chi connectivity index (χ2n) is 1.77. The largest absolute Gasteiger partial charge is 0.480 e. The van der Waals surface area contributed by atoms with Crippen LogP contribution < -0.4 is 5.73 Å². The highest BCUT2D eigenvalue weighted by Crippen LogP contribution is 2.10. The zero-order chi connectivity index (χ0) is 7.56. The van der Waals surface area contributed by atoms with Gasteiger partial charge >= 0.3 is 5.97 Å². The number of nitrogens with two attached hydrogens (primary N) is 1. The number of carbonyl (C=O) groups is 1. The number of aliphatic carboxylic acids is 1. The van der Waals surface area contributed by atoms with Crippen LogP contribution >= 0.6 is 11.5 Å². The smallest absolute Gasteiger partial charge is 0.325 e. The average Bonchev–Trinajstić information content (AvgIpc) is 2.36. The number of hydrogen-bond donors (Lipinski definition) is 2. The monoisotopic (exact) mass is 158 g/mol. The van der Waals surface area contributed by atoms with Gasteiger partial charge in [0.05, 0.1) is 0 Å². The van der Waals surface area contributed by atoms with Crippen molar-refractivity contribution >= 4 is 17.5 Å². The van der Waals surface area contributed by atoms with Crippen molar-refractivity contribution in [3.63, 3.8) is 0 Å². The Hall–Kier alpha value is -0.940. The van der Waals surface area contributed by atoms with Crippen LogP contribution in [0.5, 0.6) is 0 Å². The topological polar surface area (TPSA) is 76.2 Å². The molecule has 0 bridgehead atoms. The first-order chi connectivity index (χ1) is 4.72. The molecule has 0 aliphatic rings. The standard InChI is InChI=1S/C5H6N2O2S/c6-4(5(8)9)3-1-7-10-2-3/h1-2,4H,6H2,(H,8,9). The number of aromatic nitrogens is 1. The van der Waals surface area contributed by atoms with Crippen molar-refractivity contribution < 1.29 is 9.90 Å². The predicted octanol–water partition coefficient (Wildman–Crippen LogP) is 0.228. The third-order valence-electron chi connectivity index (χ3n) is 1.08. The van der Waals surface area contributed by atoms with E-state index in [1.54, 1.807) is 5.38 Å². The number of rotatable bonds is 2. The molecule has 0 fully saturated rings. The third kappa shape index (κ3) is 1.31. The van der Waals surface area contributed by atoms with Crippen LogP contribution in [0.15, 0.2) is 11.6 Å². The summed E-state index contributed by atoms with van der Waals surface area (Å²) in [6, 6.07) is -0.932. The lowest BCUT2D eigenvalue weighted by molar-refractivity contribution is -0.138. The fourth-order valence-corrected chi connectivity index (χ4v) is 1.08. The Morgan fingerprint density at radius 2 is 2.60 bits per heavy atom. The highest BCUT2D eigenvalue weighted by atomic mass is 32.1. The number of carboxylic acids is 1. The molecule has 0 aliphatic heterocycles. The van der Waals surface area contributed by atoms with E-state index in [9.17, 15) is 4.79 Å². The second-order valence-corrected chi connectivity index (χ2v) is 2.43. The number of hydrogen-bond acceptors (Lipinski definition) is 4. The molecule has 1 heterocycles. The van der Waals surface area contributed by atoms with Gasteiger partial charge in [-0.1, -0.05) is 0 Å². The zero-order valence-electron chi connectivity index (χ0n) is 5.02. The molecule has 1 aromatic heterocycles. The highest BCUT2D eigenvalue weighted by molar-refractivity contribution is 7.03. The minimum absolute atomic E-state index is 0.553. The van der Waals surface area contributed by atoms with E-state index in [0.717, 1.165) is 0 Å². The maximum Gasteiger partial charge on any atom is 0.325 e. The Morgan fingerprint density at radius 1 is 1.90 bits per heavy atom. The van der Waals surface area contributed by atoms with Crippen molar-refractivity contribution in [2.75, 3.05) is 0 Å². The number of nitrogens with zero attached hydrogens (tertiary/aromatic N) is 1. The molecule has 1 rings (SSSR count). The van der Waals surface area contributed by atoms with Gasteiger partial charge in [0, 0.05) is 17.1 Å². The first kappa shape index (κ1) is 7.17. The molecule has 0 aliphatic carbocycles. The number of carboxylic acid groups (broad SMARTS) is 1. The highest BCUT2D eigenvalue weighted by Gasteiger charge is 2.14. The summed E-state index contributed by atoms with van der Waals surface area (Å²) in [5, 5.41) is 10.0. The van der Waals surface area contributed by atoms with E-state index in [4.69, 9.17) is 10.8 Å². The van der Waals surface area contributed by atoms with E-state index in [2.05, 4.69) is 4.37 Å². The molecule has 1 aromatic rings. The van der Waals surface area contributed by atoms with Gasteiger partial charge in [-0.2, -0.15) is 0 Å². The molecule has 0 saturated heterocycles. The lowest BCUT2D eigenvalue weighted by Crippen LogP contribution is -2.19. The summed E-state index contributed by atoms with van der Waals surface area (Å²) in [4.78, 5) is 10.2. The predicted molar refractivity (Wildman–Crippen MR) is 36.7 cm³/mol. The van der Waals surface area contributed by atoms with Crippen molar-refractivity contribution in [1.29, 1.82) is 0 Å². The van der Waals surface area contributed by atoms with Crippen LogP contribution in [0, 0.1) is 0 Å². The van der Waals surface area contributed by atoms with Gasteiger partial charge in [-0.15, -0.1) is 0 Å². The summed E-state index contributed by atoms with van der Waals surface area (Å²) < 4.78 is 3.72. The van der Waals surface area contributed by atoms with Crippen LogP contribution in [-0.2, 0) is 4.79 Å². The molecule has 0 amide bonds. The molecule has 5 heteroatoms. The summed E-state index contributed by atoms with van der Waals surface area (Å²) in [6.07, 6.45) is 1.46. The van der Waals surface area contributed by atoms with E-state index in [-0.39, 0.29) is 0 Å². The van der Waals surface area contributed by atoms with E-state index in [0.29, 0.717) is 5.56 Å². The van der Waals surface area contributed by atoms with Crippen molar-refractivity contribution in [1.82, 2.24) is 4.37 Å². The summed E-state index contributed by atoms with van der Waals surface area (Å²) in [6.45, 7) is 0. The third-order valence-corrected chi connectivity index (χ3v) is 1.68. The van der Waals surface area contributed by atoms with Crippen molar-refractivity contribution in [2.45, 2.75) is 6.04 Å². The second kappa shape index (κ2) is 2.76. The van der Waals surface area contributed by atoms with Crippen molar-refractivity contribution in [3.8, 4) is 0 Å². The molecule has 0 saturated carbocycles. The maximum absolute atomic E-state index is 10.2. The Morgan fingerprint density at radius 3 is 3.00 bits per heavy atom. The Bertz CT molecular complexity index is 222. The SMILES string of the molecule is NC(C(=O)O)c1cnsc1. The molecule has 0 spiro atoms. The summed E-state index contributed by atoms with van der Waals surface area (Å²) >= 11 is 1.19. The first-order valence-corrected chi connectivity index (χ1v) is 3.43. The molecule has 54 valence electrons. The molecule has 3 N–H and O–H groups in total. The average molecular weight is 158 g/mol. The Kier molecular flexibility index (Phi) is 1.98. The van der Waals surface area contributed by atoms with Gasteiger partial charge in [0.25, 0.3) is 0 Å². The lowest BCUT2D eigenvalue weighted by atomic mass is 10.2. The molecule has 0 aromatic carbocycles. The van der Waals surface area contributed by atoms with Gasteiger partial charge in [0.15, 0.2) is 0 Å². The normalized spacial score (nSPS) is 12.9. The molecule has 4 nitrogen and oxygen atoms in total. The molecule has 1 atom stereocenters. The van der Waals surface area contributed by atoms with E-state index >= 15 is 0 Å². The van der Waals surface area contributed by atoms with Crippen LogP contribution in [-0.4, -0.2) is 15.4 Å². The van der Waals surface area contributed by atoms with Gasteiger partial charge in [0.1, 0.15) is 6.04 Å². The fraction of sp³-hybridized carbons (Fsp3) is 0.200. The van der Waals surface area contributed by atoms with Crippen LogP contribution in [0.2, 0.25) is 0 Å². The molecular formula is C5H6N2O2S. The minimum atomic E-state index is -1.03. The summed E-state index contributed by atoms with van der Waals surface area (Å²) in [5.41, 5.74) is 5.80. The van der Waals surface area contributed by atoms with E-state index in [1.807, 2.05) is 0 Å². The first-order valence-electron chi connectivity index (χ1n) is 2.59. The lowest BCUT2D eigenvalue weighted by Gasteiger charge is -1.99. The molecular weight excluding hydrogens is 152 g/mol. The van der Waals surface area contributed by atoms with E-state index in [1.165, 1.54) is 17.7 Å². The molecule has 1 unspecified atom stereocenters. The summed E-state index contributed by atoms with van der Waals surface area (Å²) in [7, 11) is 0. The Labute approximate surface area is 61.5 Å². The van der Waals surface area contributed by atoms with Gasteiger partial charge in [-0.05, 0) is 11.5 Å². The quantitative estimate of drug-likeness (QED) is 0.645. The van der Waals surface area contributed by atoms with Crippen LogP contribution in [0.25, 0.3) is 0 Å². The molecule has 10 heavy (non-hydrogen) atoms. The minimum Gasteiger partial charge on any atom is -0.480 e. The van der Waals surface area contributed by atoms with Crippen LogP contribution in [0.3, 0.4) is 0 Å². The maximum atomic E-state index is 10.2. The van der Waals surface area contributed by atoms with Gasteiger partial charge in [-0.25, -0.2) is 4.37 Å². The van der Waals surface area contributed by atoms with Crippen LogP contribution in [0.1, 0.15) is 11.6 Å². The zero-order valence-corrected chi connectivity index (χ0v) is 5.84. The van der Waals surface area contributed by atoms with E-state index < -0.39 is 12.0 Å². The summed E-state index contributed by atoms with van der Waals surface area (Å²) in [5.74, 6) is -1.03. The molecule has 0 radical (unpaired) electrons. The van der Waals surface area contributed by atoms with Crippen LogP contribution in [0.4, 0.5) is 0 Å². The van der Waals surface area contributed by atoms with Crippen molar-refractivity contribution in [2.24, 2.45) is 5.73 Å². The van der Waals surface area contributed by atoms with Gasteiger partial charge in [-0.3, -0.25) is 4.79 Å². The van der Waals surface area contributed by atoms with Gasteiger partial charge < -0.3 is 10.8 Å². The Balaban J connectivity index is 2.77.